The number of anilines is 2. The summed E-state index contributed by atoms with van der Waals surface area (Å²) in [7, 11) is 1.39. The van der Waals surface area contributed by atoms with Gasteiger partial charge in [0.05, 0.1) is 46.2 Å². The highest BCUT2D eigenvalue weighted by Gasteiger charge is 2.21. The van der Waals surface area contributed by atoms with Crippen molar-refractivity contribution in [1.82, 2.24) is 0 Å². The number of nitro benzene ring substituents is 2. The molecule has 158 valence electrons. The van der Waals surface area contributed by atoms with Crippen molar-refractivity contribution in [2.75, 3.05) is 17.7 Å². The first-order valence-corrected chi connectivity index (χ1v) is 8.56. The van der Waals surface area contributed by atoms with Gasteiger partial charge < -0.3 is 19.8 Å². The molecule has 2 aromatic carbocycles. The minimum absolute atomic E-state index is 0.0300. The number of nitrogens with one attached hydrogen (secondary N) is 2. The number of ether oxygens (including phenoxy) is 1. The van der Waals surface area contributed by atoms with E-state index in [4.69, 9.17) is 9.15 Å². The third-order valence-electron chi connectivity index (χ3n) is 4.05. The van der Waals surface area contributed by atoms with Crippen LogP contribution < -0.4 is 15.4 Å². The Kier molecular flexibility index (Phi) is 5.91. The second kappa shape index (κ2) is 8.73. The van der Waals surface area contributed by atoms with Gasteiger partial charge in [-0.15, -0.1) is 0 Å². The van der Waals surface area contributed by atoms with Gasteiger partial charge in [-0.3, -0.25) is 29.8 Å². The topological polar surface area (TPSA) is 167 Å². The van der Waals surface area contributed by atoms with Crippen molar-refractivity contribution in [2.24, 2.45) is 0 Å². The number of furan rings is 1. The van der Waals surface area contributed by atoms with Gasteiger partial charge in [-0.25, -0.2) is 0 Å². The smallest absolute Gasteiger partial charge is 0.291 e. The predicted molar refractivity (Wildman–Crippen MR) is 107 cm³/mol. The molecule has 0 aliphatic rings. The maximum atomic E-state index is 12.7. The molecule has 0 aliphatic heterocycles. The molecule has 1 heterocycles. The predicted octanol–water partition coefficient (Wildman–Crippen LogP) is 3.61. The molecule has 0 atom stereocenters. The minimum Gasteiger partial charge on any atom is -0.497 e. The molecule has 12 nitrogen and oxygen atoms in total. The number of hydrogen-bond acceptors (Lipinski definition) is 8. The Bertz CT molecular complexity index is 1140. The van der Waals surface area contributed by atoms with E-state index in [0.717, 1.165) is 18.2 Å². The summed E-state index contributed by atoms with van der Waals surface area (Å²) in [5, 5.41) is 27.2. The van der Waals surface area contributed by atoms with Crippen LogP contribution in [0.5, 0.6) is 5.75 Å². The summed E-state index contributed by atoms with van der Waals surface area (Å²) >= 11 is 0. The van der Waals surface area contributed by atoms with E-state index >= 15 is 0 Å². The van der Waals surface area contributed by atoms with Crippen molar-refractivity contribution in [3.63, 3.8) is 0 Å². The molecule has 3 aromatic rings. The molecule has 0 spiro atoms. The first kappa shape index (κ1) is 21.0. The standard InChI is InChI=1S/C19H14N4O8/c1-30-14-4-5-15(20-19(25)17-3-2-6-31-17)16(10-14)21-18(24)11-7-12(22(26)27)9-13(8-11)23(28)29/h2-10H,1H3,(H,20,25)(H,21,24). The van der Waals surface area contributed by atoms with Crippen molar-refractivity contribution in [3.05, 3.63) is 86.3 Å². The van der Waals surface area contributed by atoms with Crippen LogP contribution in [0, 0.1) is 20.2 Å². The summed E-state index contributed by atoms with van der Waals surface area (Å²) < 4.78 is 10.1. The Morgan fingerprint density at radius 2 is 1.55 bits per heavy atom. The van der Waals surface area contributed by atoms with Gasteiger partial charge in [0.1, 0.15) is 5.75 Å². The number of methoxy groups -OCH3 is 1. The van der Waals surface area contributed by atoms with Crippen LogP contribution in [0.15, 0.2) is 59.2 Å². The number of carbonyl (C=O) groups is 2. The van der Waals surface area contributed by atoms with E-state index in [1.54, 1.807) is 0 Å². The molecular formula is C19H14N4O8. The fourth-order valence-corrected chi connectivity index (χ4v) is 2.59. The number of amides is 2. The van der Waals surface area contributed by atoms with Crippen LogP contribution in [0.3, 0.4) is 0 Å². The molecule has 2 N–H and O–H groups in total. The third kappa shape index (κ3) is 4.82. The number of nitro groups is 2. The molecule has 3 rings (SSSR count). The van der Waals surface area contributed by atoms with Crippen LogP contribution in [-0.2, 0) is 0 Å². The van der Waals surface area contributed by atoms with E-state index in [-0.39, 0.29) is 22.7 Å². The molecule has 0 aliphatic carbocycles. The van der Waals surface area contributed by atoms with Gasteiger partial charge in [0.25, 0.3) is 23.2 Å². The Morgan fingerprint density at radius 3 is 2.10 bits per heavy atom. The molecule has 0 saturated carbocycles. The quantitative estimate of drug-likeness (QED) is 0.427. The second-order valence-corrected chi connectivity index (χ2v) is 6.05. The molecule has 2 amide bonds. The van der Waals surface area contributed by atoms with E-state index in [0.29, 0.717) is 5.75 Å². The number of benzene rings is 2. The first-order chi connectivity index (χ1) is 14.8. The van der Waals surface area contributed by atoms with E-state index in [2.05, 4.69) is 10.6 Å². The number of non-ortho nitro benzene ring substituents is 2. The third-order valence-corrected chi connectivity index (χ3v) is 4.05. The average Bonchev–Trinajstić information content (AvgIpc) is 3.29. The van der Waals surface area contributed by atoms with Crippen molar-refractivity contribution in [2.45, 2.75) is 0 Å². The Hall–Kier alpha value is -4.74. The maximum Gasteiger partial charge on any atom is 0.291 e. The second-order valence-electron chi connectivity index (χ2n) is 6.05. The summed E-state index contributed by atoms with van der Waals surface area (Å²) in [6.07, 6.45) is 1.32. The van der Waals surface area contributed by atoms with Crippen LogP contribution in [0.4, 0.5) is 22.7 Å². The van der Waals surface area contributed by atoms with Crippen LogP contribution in [0.1, 0.15) is 20.9 Å². The summed E-state index contributed by atoms with van der Waals surface area (Å²) in [5.74, 6) is -1.08. The summed E-state index contributed by atoms with van der Waals surface area (Å²) in [4.78, 5) is 45.4. The molecular weight excluding hydrogens is 412 g/mol. The van der Waals surface area contributed by atoms with Gasteiger partial charge in [-0.1, -0.05) is 0 Å². The van der Waals surface area contributed by atoms with Gasteiger partial charge in [-0.05, 0) is 24.3 Å². The van der Waals surface area contributed by atoms with E-state index < -0.39 is 33.0 Å². The normalized spacial score (nSPS) is 10.2. The van der Waals surface area contributed by atoms with Gasteiger partial charge in [0.2, 0.25) is 0 Å². The van der Waals surface area contributed by atoms with Crippen LogP contribution >= 0.6 is 0 Å². The monoisotopic (exact) mass is 426 g/mol. The summed E-state index contributed by atoms with van der Waals surface area (Å²) in [6, 6.07) is 9.93. The molecule has 12 heteroatoms. The number of rotatable bonds is 7. The highest BCUT2D eigenvalue weighted by atomic mass is 16.6. The Morgan fingerprint density at radius 1 is 0.903 bits per heavy atom. The SMILES string of the molecule is COc1ccc(NC(=O)c2ccco2)c(NC(=O)c2cc([N+](=O)[O-])cc([N+](=O)[O-])c2)c1. The largest absolute Gasteiger partial charge is 0.497 e. The van der Waals surface area contributed by atoms with Gasteiger partial charge in [0.15, 0.2) is 5.76 Å². The van der Waals surface area contributed by atoms with Crippen molar-refractivity contribution >= 4 is 34.6 Å². The highest BCUT2D eigenvalue weighted by Crippen LogP contribution is 2.29. The van der Waals surface area contributed by atoms with Gasteiger partial charge >= 0.3 is 0 Å². The lowest BCUT2D eigenvalue weighted by molar-refractivity contribution is -0.394. The fraction of sp³-hybridized carbons (Fsp3) is 0.0526. The number of nitrogens with zero attached hydrogens (tertiary/aromatic N) is 2. The van der Waals surface area contributed by atoms with E-state index in [9.17, 15) is 29.8 Å². The molecule has 0 bridgehead atoms. The zero-order valence-electron chi connectivity index (χ0n) is 15.9. The van der Waals surface area contributed by atoms with Crippen LogP contribution in [0.25, 0.3) is 0 Å². The average molecular weight is 426 g/mol. The Labute approximate surface area is 173 Å². The van der Waals surface area contributed by atoms with E-state index in [1.165, 1.54) is 43.7 Å². The molecule has 0 radical (unpaired) electrons. The summed E-state index contributed by atoms with van der Waals surface area (Å²) in [6.45, 7) is 0. The van der Waals surface area contributed by atoms with Crippen LogP contribution in [-0.4, -0.2) is 28.8 Å². The first-order valence-electron chi connectivity index (χ1n) is 8.56. The summed E-state index contributed by atoms with van der Waals surface area (Å²) in [5.41, 5.74) is -1.27. The molecule has 0 unspecified atom stereocenters. The Balaban J connectivity index is 1.94. The lowest BCUT2D eigenvalue weighted by Gasteiger charge is -2.13. The van der Waals surface area contributed by atoms with E-state index in [1.807, 2.05) is 0 Å². The van der Waals surface area contributed by atoms with Gasteiger partial charge in [0, 0.05) is 18.2 Å². The van der Waals surface area contributed by atoms with Crippen molar-refractivity contribution < 1.29 is 28.6 Å². The molecule has 1 aromatic heterocycles. The fourth-order valence-electron chi connectivity index (χ4n) is 2.59. The minimum atomic E-state index is -0.867. The maximum absolute atomic E-state index is 12.7. The molecule has 0 fully saturated rings. The zero-order chi connectivity index (χ0) is 22.5. The number of hydrogen-bond donors (Lipinski definition) is 2. The van der Waals surface area contributed by atoms with Crippen LogP contribution in [0.2, 0.25) is 0 Å². The lowest BCUT2D eigenvalue weighted by Crippen LogP contribution is -2.17. The zero-order valence-corrected chi connectivity index (χ0v) is 15.9. The van der Waals surface area contributed by atoms with Crippen molar-refractivity contribution in [1.29, 1.82) is 0 Å². The highest BCUT2D eigenvalue weighted by molar-refractivity contribution is 6.09. The molecule has 31 heavy (non-hydrogen) atoms. The number of carbonyl (C=O) groups excluding carboxylic acids is 2. The molecule has 0 saturated heterocycles. The lowest BCUT2D eigenvalue weighted by atomic mass is 10.1. The van der Waals surface area contributed by atoms with Crippen molar-refractivity contribution in [3.8, 4) is 5.75 Å². The van der Waals surface area contributed by atoms with Gasteiger partial charge in [-0.2, -0.15) is 0 Å².